The molecule has 0 fully saturated rings. The molecular weight excluding hydrogens is 412 g/mol. The van der Waals surface area contributed by atoms with Crippen LogP contribution in [0.25, 0.3) is 10.8 Å². The topological polar surface area (TPSA) is 77.0 Å². The normalized spacial score (nSPS) is 10.8. The van der Waals surface area contributed by atoms with Gasteiger partial charge in [-0.05, 0) is 64.2 Å². The summed E-state index contributed by atoms with van der Waals surface area (Å²) in [5.41, 5.74) is 3.17. The predicted octanol–water partition coefficient (Wildman–Crippen LogP) is 4.65. The number of esters is 1. The molecule has 154 valence electrons. The van der Waals surface area contributed by atoms with E-state index < -0.39 is 5.97 Å². The molecule has 4 rings (SSSR count). The van der Waals surface area contributed by atoms with Gasteiger partial charge in [0.15, 0.2) is 6.61 Å². The summed E-state index contributed by atoms with van der Waals surface area (Å²) < 4.78 is 10.8. The van der Waals surface area contributed by atoms with Crippen LogP contribution < -0.4 is 14.9 Å². The lowest BCUT2D eigenvalue weighted by molar-refractivity contribution is -0.123. The van der Waals surface area contributed by atoms with E-state index in [2.05, 4.69) is 10.5 Å². The van der Waals surface area contributed by atoms with Crippen molar-refractivity contribution in [1.82, 2.24) is 5.43 Å². The zero-order valence-electron chi connectivity index (χ0n) is 16.4. The quantitative estimate of drug-likeness (QED) is 0.200. The summed E-state index contributed by atoms with van der Waals surface area (Å²) in [4.78, 5) is 24.4. The van der Waals surface area contributed by atoms with Gasteiger partial charge in [0.1, 0.15) is 16.4 Å². The van der Waals surface area contributed by atoms with Gasteiger partial charge in [-0.2, -0.15) is 5.10 Å². The van der Waals surface area contributed by atoms with Crippen molar-refractivity contribution >= 4 is 40.2 Å². The second kappa shape index (κ2) is 9.69. The summed E-state index contributed by atoms with van der Waals surface area (Å²) in [6.45, 7) is -0.146. The number of carbonyl (C=O) groups is 2. The van der Waals surface area contributed by atoms with Crippen LogP contribution in [0.5, 0.6) is 11.5 Å². The maximum absolute atomic E-state index is 12.0. The maximum Gasteiger partial charge on any atom is 0.353 e. The average Bonchev–Trinajstić information content (AvgIpc) is 3.34. The van der Waals surface area contributed by atoms with Crippen molar-refractivity contribution < 1.29 is 19.1 Å². The highest BCUT2D eigenvalue weighted by atomic mass is 32.1. The SMILES string of the molecule is O=C(COc1ccc2ccccc2c1)N/N=C\c1ccc(OC(=O)c2cccs2)cc1. The van der Waals surface area contributed by atoms with Crippen LogP contribution in [0.15, 0.2) is 89.3 Å². The number of rotatable bonds is 7. The Labute approximate surface area is 182 Å². The third-order valence-electron chi connectivity index (χ3n) is 4.31. The molecular formula is C24H18N2O4S. The third kappa shape index (κ3) is 5.55. The number of thiophene rings is 1. The first-order chi connectivity index (χ1) is 15.2. The summed E-state index contributed by atoms with van der Waals surface area (Å²) in [7, 11) is 0. The highest BCUT2D eigenvalue weighted by molar-refractivity contribution is 7.12. The average molecular weight is 430 g/mol. The van der Waals surface area contributed by atoms with E-state index in [0.29, 0.717) is 16.4 Å². The Morgan fingerprint density at radius 1 is 0.903 bits per heavy atom. The van der Waals surface area contributed by atoms with Gasteiger partial charge in [-0.1, -0.05) is 36.4 Å². The highest BCUT2D eigenvalue weighted by Crippen LogP contribution is 2.20. The number of ether oxygens (including phenoxy) is 2. The molecule has 0 radical (unpaired) electrons. The van der Waals surface area contributed by atoms with Crippen LogP contribution in [-0.4, -0.2) is 24.7 Å². The molecule has 0 aliphatic heterocycles. The summed E-state index contributed by atoms with van der Waals surface area (Å²) >= 11 is 1.32. The zero-order chi connectivity index (χ0) is 21.5. The third-order valence-corrected chi connectivity index (χ3v) is 5.16. The Morgan fingerprint density at radius 3 is 2.45 bits per heavy atom. The Kier molecular flexibility index (Phi) is 6.35. The van der Waals surface area contributed by atoms with Crippen LogP contribution in [0.4, 0.5) is 0 Å². The fourth-order valence-electron chi connectivity index (χ4n) is 2.79. The molecule has 4 aromatic rings. The minimum atomic E-state index is -0.393. The summed E-state index contributed by atoms with van der Waals surface area (Å²) in [6, 6.07) is 23.9. The number of fused-ring (bicyclic) bond motifs is 1. The molecule has 0 atom stereocenters. The van der Waals surface area contributed by atoms with Gasteiger partial charge in [0, 0.05) is 0 Å². The van der Waals surface area contributed by atoms with Crippen molar-refractivity contribution in [2.24, 2.45) is 5.10 Å². The number of hydrazone groups is 1. The van der Waals surface area contributed by atoms with E-state index >= 15 is 0 Å². The van der Waals surface area contributed by atoms with Crippen LogP contribution in [0.3, 0.4) is 0 Å². The second-order valence-corrected chi connectivity index (χ2v) is 7.47. The number of hydrogen-bond acceptors (Lipinski definition) is 6. The number of amides is 1. The van der Waals surface area contributed by atoms with E-state index in [9.17, 15) is 9.59 Å². The standard InChI is InChI=1S/C24H18N2O4S/c27-23(16-29-21-12-9-18-4-1-2-5-19(18)14-21)26-25-15-17-7-10-20(11-8-17)30-24(28)22-6-3-13-31-22/h1-15H,16H2,(H,26,27)/b25-15-. The molecule has 1 heterocycles. The summed E-state index contributed by atoms with van der Waals surface area (Å²) in [5.74, 6) is 0.287. The van der Waals surface area contributed by atoms with E-state index in [1.54, 1.807) is 36.4 Å². The first-order valence-corrected chi connectivity index (χ1v) is 10.3. The number of benzene rings is 3. The first kappa shape index (κ1) is 20.3. The number of nitrogens with zero attached hydrogens (tertiary/aromatic N) is 1. The molecule has 0 saturated carbocycles. The molecule has 0 aliphatic rings. The lowest BCUT2D eigenvalue weighted by Crippen LogP contribution is -2.24. The zero-order valence-corrected chi connectivity index (χ0v) is 17.2. The van der Waals surface area contributed by atoms with E-state index in [0.717, 1.165) is 16.3 Å². The van der Waals surface area contributed by atoms with Gasteiger partial charge in [0.2, 0.25) is 0 Å². The lowest BCUT2D eigenvalue weighted by atomic mass is 10.1. The van der Waals surface area contributed by atoms with Crippen molar-refractivity contribution in [2.45, 2.75) is 0 Å². The molecule has 0 bridgehead atoms. The van der Waals surface area contributed by atoms with Crippen molar-refractivity contribution in [3.8, 4) is 11.5 Å². The van der Waals surface area contributed by atoms with Gasteiger partial charge in [-0.3, -0.25) is 4.79 Å². The lowest BCUT2D eigenvalue weighted by Gasteiger charge is -2.06. The van der Waals surface area contributed by atoms with E-state index in [-0.39, 0.29) is 12.5 Å². The van der Waals surface area contributed by atoms with Crippen LogP contribution in [0.1, 0.15) is 15.2 Å². The van der Waals surface area contributed by atoms with E-state index in [4.69, 9.17) is 9.47 Å². The molecule has 3 aromatic carbocycles. The van der Waals surface area contributed by atoms with Crippen LogP contribution in [0, 0.1) is 0 Å². The predicted molar refractivity (Wildman–Crippen MR) is 121 cm³/mol. The largest absolute Gasteiger partial charge is 0.484 e. The van der Waals surface area contributed by atoms with Gasteiger partial charge in [0.25, 0.3) is 5.91 Å². The fraction of sp³-hybridized carbons (Fsp3) is 0.0417. The molecule has 1 N–H and O–H groups in total. The molecule has 0 spiro atoms. The second-order valence-electron chi connectivity index (χ2n) is 6.53. The Bertz CT molecular complexity index is 1220. The molecule has 0 unspecified atom stereocenters. The molecule has 1 aromatic heterocycles. The maximum atomic E-state index is 12.0. The van der Waals surface area contributed by atoms with Gasteiger partial charge in [-0.25, -0.2) is 10.2 Å². The molecule has 1 amide bonds. The monoisotopic (exact) mass is 430 g/mol. The van der Waals surface area contributed by atoms with Crippen molar-refractivity contribution in [2.75, 3.05) is 6.61 Å². The van der Waals surface area contributed by atoms with Crippen LogP contribution in [0.2, 0.25) is 0 Å². The fourth-order valence-corrected chi connectivity index (χ4v) is 3.39. The number of nitrogens with one attached hydrogen (secondary N) is 1. The minimum absolute atomic E-state index is 0.146. The van der Waals surface area contributed by atoms with Crippen LogP contribution >= 0.6 is 11.3 Å². The Hall–Kier alpha value is -3.97. The van der Waals surface area contributed by atoms with E-state index in [1.165, 1.54) is 17.6 Å². The Morgan fingerprint density at radius 2 is 1.68 bits per heavy atom. The van der Waals surface area contributed by atoms with Gasteiger partial charge in [-0.15, -0.1) is 11.3 Å². The van der Waals surface area contributed by atoms with Crippen molar-refractivity contribution in [3.05, 3.63) is 94.7 Å². The number of carbonyl (C=O) groups excluding carboxylic acids is 2. The van der Waals surface area contributed by atoms with Gasteiger partial charge in [0.05, 0.1) is 6.21 Å². The molecule has 0 aliphatic carbocycles. The van der Waals surface area contributed by atoms with Gasteiger partial charge < -0.3 is 9.47 Å². The highest BCUT2D eigenvalue weighted by Gasteiger charge is 2.09. The van der Waals surface area contributed by atoms with Crippen molar-refractivity contribution in [3.63, 3.8) is 0 Å². The van der Waals surface area contributed by atoms with Crippen LogP contribution in [-0.2, 0) is 4.79 Å². The van der Waals surface area contributed by atoms with E-state index in [1.807, 2.05) is 47.8 Å². The minimum Gasteiger partial charge on any atom is -0.484 e. The summed E-state index contributed by atoms with van der Waals surface area (Å²) in [6.07, 6.45) is 1.50. The molecule has 6 nitrogen and oxygen atoms in total. The molecule has 31 heavy (non-hydrogen) atoms. The smallest absolute Gasteiger partial charge is 0.353 e. The number of hydrogen-bond donors (Lipinski definition) is 1. The summed E-state index contributed by atoms with van der Waals surface area (Å²) in [5, 5.41) is 7.89. The van der Waals surface area contributed by atoms with Gasteiger partial charge >= 0.3 is 5.97 Å². The molecule has 0 saturated heterocycles. The Balaban J connectivity index is 1.24. The first-order valence-electron chi connectivity index (χ1n) is 9.47. The van der Waals surface area contributed by atoms with Crippen molar-refractivity contribution in [1.29, 1.82) is 0 Å². The molecule has 7 heteroatoms.